The Balaban J connectivity index is 2.92. The molecule has 1 aromatic rings. The number of hydrogen-bond acceptors (Lipinski definition) is 4. The highest BCUT2D eigenvalue weighted by molar-refractivity contribution is 7.89. The number of hydrogen-bond donors (Lipinski definition) is 1. The number of carbonyl (C=O) groups is 1. The SMILES string of the molecule is CCC[C@@H](C)NC(=O)CN(C)S(=O)(=O)c1cc(Cl)ccc1OC. The van der Waals surface area contributed by atoms with Crippen LogP contribution in [-0.2, 0) is 14.8 Å². The fourth-order valence-corrected chi connectivity index (χ4v) is 3.67. The lowest BCUT2D eigenvalue weighted by molar-refractivity contribution is -0.121. The molecule has 8 heteroatoms. The number of rotatable bonds is 8. The second-order valence-electron chi connectivity index (χ2n) is 5.31. The van der Waals surface area contributed by atoms with E-state index in [1.807, 2.05) is 13.8 Å². The lowest BCUT2D eigenvalue weighted by Gasteiger charge is -2.20. The molecular formula is C15H23ClN2O4S. The average Bonchev–Trinajstić information content (AvgIpc) is 2.47. The van der Waals surface area contributed by atoms with Crippen molar-refractivity contribution in [3.8, 4) is 5.75 Å². The van der Waals surface area contributed by atoms with Gasteiger partial charge < -0.3 is 10.1 Å². The maximum Gasteiger partial charge on any atom is 0.247 e. The van der Waals surface area contributed by atoms with E-state index in [-0.39, 0.29) is 34.2 Å². The van der Waals surface area contributed by atoms with Crippen LogP contribution in [0.5, 0.6) is 5.75 Å². The maximum absolute atomic E-state index is 12.6. The molecule has 23 heavy (non-hydrogen) atoms. The molecule has 0 unspecified atom stereocenters. The second-order valence-corrected chi connectivity index (χ2v) is 7.76. The van der Waals surface area contributed by atoms with Crippen LogP contribution in [0.1, 0.15) is 26.7 Å². The molecule has 0 heterocycles. The van der Waals surface area contributed by atoms with E-state index in [4.69, 9.17) is 16.3 Å². The molecule has 1 amide bonds. The number of ether oxygens (including phenoxy) is 1. The Morgan fingerprint density at radius 2 is 2.09 bits per heavy atom. The van der Waals surface area contributed by atoms with Crippen molar-refractivity contribution in [2.45, 2.75) is 37.6 Å². The fraction of sp³-hybridized carbons (Fsp3) is 0.533. The summed E-state index contributed by atoms with van der Waals surface area (Å²) in [6, 6.07) is 4.33. The van der Waals surface area contributed by atoms with E-state index in [1.54, 1.807) is 6.07 Å². The summed E-state index contributed by atoms with van der Waals surface area (Å²) in [5.74, 6) is -0.168. The molecule has 0 radical (unpaired) electrons. The van der Waals surface area contributed by atoms with E-state index in [0.29, 0.717) is 0 Å². The number of benzene rings is 1. The van der Waals surface area contributed by atoms with Crippen LogP contribution >= 0.6 is 11.6 Å². The van der Waals surface area contributed by atoms with Gasteiger partial charge >= 0.3 is 0 Å². The molecule has 1 rings (SSSR count). The molecule has 0 saturated carbocycles. The van der Waals surface area contributed by atoms with Crippen LogP contribution < -0.4 is 10.1 Å². The van der Waals surface area contributed by atoms with Gasteiger partial charge in [0.1, 0.15) is 10.6 Å². The van der Waals surface area contributed by atoms with Gasteiger partial charge in [-0.2, -0.15) is 4.31 Å². The van der Waals surface area contributed by atoms with Crippen molar-refractivity contribution >= 4 is 27.5 Å². The maximum atomic E-state index is 12.6. The van der Waals surface area contributed by atoms with Crippen molar-refractivity contribution in [2.24, 2.45) is 0 Å². The summed E-state index contributed by atoms with van der Waals surface area (Å²) in [6.07, 6.45) is 1.78. The minimum absolute atomic E-state index is 0.00399. The van der Waals surface area contributed by atoms with E-state index >= 15 is 0 Å². The standard InChI is InChI=1S/C15H23ClN2O4S/c1-5-6-11(2)17-15(19)10-18(3)23(20,21)14-9-12(16)7-8-13(14)22-4/h7-9,11H,5-6,10H2,1-4H3,(H,17,19)/t11-/m1/s1. The third kappa shape index (κ3) is 5.37. The minimum Gasteiger partial charge on any atom is -0.495 e. The molecule has 1 aromatic carbocycles. The third-order valence-electron chi connectivity index (χ3n) is 3.31. The highest BCUT2D eigenvalue weighted by atomic mass is 35.5. The zero-order chi connectivity index (χ0) is 17.6. The Hall–Kier alpha value is -1.31. The lowest BCUT2D eigenvalue weighted by atomic mass is 10.2. The molecule has 0 aliphatic carbocycles. The number of likely N-dealkylation sites (N-methyl/N-ethyl adjacent to an activating group) is 1. The molecule has 6 nitrogen and oxygen atoms in total. The summed E-state index contributed by atoms with van der Waals surface area (Å²) in [5, 5.41) is 3.05. The molecule has 1 atom stereocenters. The van der Waals surface area contributed by atoms with Gasteiger partial charge in [-0.3, -0.25) is 4.79 Å². The first-order chi connectivity index (χ1) is 10.7. The van der Waals surface area contributed by atoms with Gasteiger partial charge in [0.15, 0.2) is 0 Å². The number of carbonyl (C=O) groups excluding carboxylic acids is 1. The normalized spacial score (nSPS) is 13.0. The van der Waals surface area contributed by atoms with Crippen LogP contribution in [0.2, 0.25) is 5.02 Å². The van der Waals surface area contributed by atoms with Gasteiger partial charge in [0.05, 0.1) is 13.7 Å². The summed E-state index contributed by atoms with van der Waals surface area (Å²) in [7, 11) is -1.16. The van der Waals surface area contributed by atoms with Crippen molar-refractivity contribution < 1.29 is 17.9 Å². The molecule has 130 valence electrons. The number of nitrogens with one attached hydrogen (secondary N) is 1. The smallest absolute Gasteiger partial charge is 0.247 e. The van der Waals surface area contributed by atoms with Crippen LogP contribution in [0.25, 0.3) is 0 Å². The summed E-state index contributed by atoms with van der Waals surface area (Å²) in [4.78, 5) is 11.9. The molecule has 1 N–H and O–H groups in total. The molecule has 0 bridgehead atoms. The van der Waals surface area contributed by atoms with E-state index in [1.165, 1.54) is 26.3 Å². The van der Waals surface area contributed by atoms with Crippen molar-refractivity contribution in [2.75, 3.05) is 20.7 Å². The Kier molecular flexibility index (Phi) is 7.31. The summed E-state index contributed by atoms with van der Waals surface area (Å²) in [5.41, 5.74) is 0. The first-order valence-electron chi connectivity index (χ1n) is 7.31. The van der Waals surface area contributed by atoms with Gasteiger partial charge in [-0.25, -0.2) is 8.42 Å². The molecular weight excluding hydrogens is 340 g/mol. The summed E-state index contributed by atoms with van der Waals surface area (Å²) < 4.78 is 31.3. The van der Waals surface area contributed by atoms with Crippen LogP contribution in [0.15, 0.2) is 23.1 Å². The number of methoxy groups -OCH3 is 1. The Bertz CT molecular complexity index is 649. The van der Waals surface area contributed by atoms with Gasteiger partial charge in [-0.15, -0.1) is 0 Å². The highest BCUT2D eigenvalue weighted by Gasteiger charge is 2.27. The summed E-state index contributed by atoms with van der Waals surface area (Å²) in [6.45, 7) is 3.63. The zero-order valence-electron chi connectivity index (χ0n) is 13.8. The van der Waals surface area contributed by atoms with Crippen molar-refractivity contribution in [3.63, 3.8) is 0 Å². The third-order valence-corrected chi connectivity index (χ3v) is 5.37. The second kappa shape index (κ2) is 8.52. The minimum atomic E-state index is -3.88. The predicted octanol–water partition coefficient (Wildman–Crippen LogP) is 2.27. The predicted molar refractivity (Wildman–Crippen MR) is 90.3 cm³/mol. The Morgan fingerprint density at radius 1 is 1.43 bits per heavy atom. The molecule has 0 aliphatic heterocycles. The molecule has 0 saturated heterocycles. The van der Waals surface area contributed by atoms with Gasteiger partial charge in [-0.05, 0) is 31.5 Å². The molecule has 0 aliphatic rings. The number of amides is 1. The van der Waals surface area contributed by atoms with E-state index in [2.05, 4.69) is 5.32 Å². The number of sulfonamides is 1. The topological polar surface area (TPSA) is 75.7 Å². The fourth-order valence-electron chi connectivity index (χ4n) is 2.13. The first kappa shape index (κ1) is 19.7. The number of halogens is 1. The zero-order valence-corrected chi connectivity index (χ0v) is 15.4. The van der Waals surface area contributed by atoms with Gasteiger partial charge in [0.2, 0.25) is 15.9 Å². The summed E-state index contributed by atoms with van der Waals surface area (Å²) >= 11 is 5.88. The first-order valence-corrected chi connectivity index (χ1v) is 9.13. The molecule has 0 aromatic heterocycles. The Labute approximate surface area is 142 Å². The van der Waals surface area contributed by atoms with Gasteiger partial charge in [0.25, 0.3) is 0 Å². The van der Waals surface area contributed by atoms with Gasteiger partial charge in [0, 0.05) is 18.1 Å². The van der Waals surface area contributed by atoms with Crippen molar-refractivity contribution in [1.29, 1.82) is 0 Å². The van der Waals surface area contributed by atoms with Crippen molar-refractivity contribution in [3.05, 3.63) is 23.2 Å². The van der Waals surface area contributed by atoms with Crippen LogP contribution in [0.3, 0.4) is 0 Å². The molecule has 0 fully saturated rings. The van der Waals surface area contributed by atoms with Crippen LogP contribution in [-0.4, -0.2) is 45.4 Å². The molecule has 0 spiro atoms. The largest absolute Gasteiger partial charge is 0.495 e. The van der Waals surface area contributed by atoms with Crippen LogP contribution in [0.4, 0.5) is 0 Å². The quantitative estimate of drug-likeness (QED) is 0.769. The monoisotopic (exact) mass is 362 g/mol. The van der Waals surface area contributed by atoms with Gasteiger partial charge in [-0.1, -0.05) is 24.9 Å². The van der Waals surface area contributed by atoms with Crippen LogP contribution in [0, 0.1) is 0 Å². The average molecular weight is 363 g/mol. The van der Waals surface area contributed by atoms with Crippen molar-refractivity contribution in [1.82, 2.24) is 9.62 Å². The number of nitrogens with zero attached hydrogens (tertiary/aromatic N) is 1. The van der Waals surface area contributed by atoms with E-state index in [9.17, 15) is 13.2 Å². The lowest BCUT2D eigenvalue weighted by Crippen LogP contribution is -2.41. The van der Waals surface area contributed by atoms with E-state index < -0.39 is 10.0 Å². The highest BCUT2D eigenvalue weighted by Crippen LogP contribution is 2.28. The Morgan fingerprint density at radius 3 is 2.65 bits per heavy atom. The van der Waals surface area contributed by atoms with E-state index in [0.717, 1.165) is 17.1 Å².